The second-order valence-corrected chi connectivity index (χ2v) is 6.54. The summed E-state index contributed by atoms with van der Waals surface area (Å²) < 4.78 is 28.2. The first-order valence-corrected chi connectivity index (χ1v) is 8.19. The van der Waals surface area contributed by atoms with Crippen molar-refractivity contribution in [2.45, 2.75) is 31.2 Å². The highest BCUT2D eigenvalue weighted by Crippen LogP contribution is 2.49. The molecule has 0 aromatic heterocycles. The highest BCUT2D eigenvalue weighted by atomic mass is 19.1. The van der Waals surface area contributed by atoms with E-state index in [2.05, 4.69) is 10.6 Å². The average Bonchev–Trinajstić information content (AvgIpc) is 3.40. The minimum absolute atomic E-state index is 0.211. The zero-order chi connectivity index (χ0) is 16.7. The van der Waals surface area contributed by atoms with E-state index in [1.54, 1.807) is 18.2 Å². The van der Waals surface area contributed by atoms with Gasteiger partial charge in [-0.15, -0.1) is 0 Å². The summed E-state index contributed by atoms with van der Waals surface area (Å²) >= 11 is 0. The first-order valence-electron chi connectivity index (χ1n) is 8.19. The van der Waals surface area contributed by atoms with Crippen LogP contribution in [0.25, 0.3) is 0 Å². The number of carbonyl (C=O) groups excluding carboxylic acids is 1. The molecule has 3 nitrogen and oxygen atoms in total. The normalized spacial score (nSPS) is 17.9. The van der Waals surface area contributed by atoms with Crippen LogP contribution in [0.3, 0.4) is 0 Å². The standard InChI is InChI=1S/C19H18F2N2O/c20-14-3-1-2-13(10-14)19(7-8-19)18(24)23-16-5-4-12-11-22-9-6-15(12)17(16)21/h1-5,10,22H,6-9,11H2,(H,23,24). The van der Waals surface area contributed by atoms with Gasteiger partial charge in [0.1, 0.15) is 11.6 Å². The van der Waals surface area contributed by atoms with E-state index in [1.165, 1.54) is 12.1 Å². The van der Waals surface area contributed by atoms with Crippen LogP contribution in [0.4, 0.5) is 14.5 Å². The average molecular weight is 328 g/mol. The van der Waals surface area contributed by atoms with Crippen molar-refractivity contribution < 1.29 is 13.6 Å². The fourth-order valence-corrected chi connectivity index (χ4v) is 3.43. The Kier molecular flexibility index (Phi) is 3.61. The molecule has 0 unspecified atom stereocenters. The minimum Gasteiger partial charge on any atom is -0.323 e. The number of halogens is 2. The lowest BCUT2D eigenvalue weighted by Gasteiger charge is -2.21. The van der Waals surface area contributed by atoms with Crippen molar-refractivity contribution in [2.24, 2.45) is 0 Å². The Morgan fingerprint density at radius 1 is 1.17 bits per heavy atom. The third kappa shape index (κ3) is 2.49. The Hall–Kier alpha value is -2.27. The van der Waals surface area contributed by atoms with Crippen LogP contribution < -0.4 is 10.6 Å². The summed E-state index contributed by atoms with van der Waals surface area (Å²) in [4.78, 5) is 12.7. The van der Waals surface area contributed by atoms with Gasteiger partial charge in [-0.3, -0.25) is 4.79 Å². The molecule has 1 aliphatic heterocycles. The predicted molar refractivity (Wildman–Crippen MR) is 87.8 cm³/mol. The maximum absolute atomic E-state index is 14.7. The van der Waals surface area contributed by atoms with Crippen molar-refractivity contribution in [1.29, 1.82) is 0 Å². The van der Waals surface area contributed by atoms with Crippen molar-refractivity contribution in [3.05, 3.63) is 64.7 Å². The third-order valence-corrected chi connectivity index (χ3v) is 5.02. The van der Waals surface area contributed by atoms with Crippen molar-refractivity contribution in [2.75, 3.05) is 11.9 Å². The second kappa shape index (κ2) is 5.67. The number of fused-ring (bicyclic) bond motifs is 1. The highest BCUT2D eigenvalue weighted by molar-refractivity contribution is 6.01. The lowest BCUT2D eigenvalue weighted by molar-refractivity contribution is -0.118. The molecule has 0 radical (unpaired) electrons. The number of carbonyl (C=O) groups is 1. The molecule has 2 N–H and O–H groups in total. The molecule has 1 saturated carbocycles. The van der Waals surface area contributed by atoms with Crippen LogP contribution >= 0.6 is 0 Å². The fraction of sp³-hybridized carbons (Fsp3) is 0.316. The van der Waals surface area contributed by atoms with Gasteiger partial charge in [-0.1, -0.05) is 18.2 Å². The van der Waals surface area contributed by atoms with Crippen LogP contribution in [-0.4, -0.2) is 12.5 Å². The number of rotatable bonds is 3. The van der Waals surface area contributed by atoms with E-state index in [0.717, 1.165) is 12.1 Å². The Balaban J connectivity index is 1.61. The predicted octanol–water partition coefficient (Wildman–Crippen LogP) is 3.28. The van der Waals surface area contributed by atoms with E-state index in [4.69, 9.17) is 0 Å². The van der Waals surface area contributed by atoms with Crippen LogP contribution in [0.15, 0.2) is 36.4 Å². The number of benzene rings is 2. The molecule has 4 rings (SSSR count). The summed E-state index contributed by atoms with van der Waals surface area (Å²) in [5, 5.41) is 5.92. The highest BCUT2D eigenvalue weighted by Gasteiger charge is 2.51. The topological polar surface area (TPSA) is 41.1 Å². The lowest BCUT2D eigenvalue weighted by atomic mass is 9.94. The molecule has 124 valence electrons. The van der Waals surface area contributed by atoms with Crippen LogP contribution in [0.5, 0.6) is 0 Å². The lowest BCUT2D eigenvalue weighted by Crippen LogP contribution is -2.29. The maximum Gasteiger partial charge on any atom is 0.235 e. The van der Waals surface area contributed by atoms with Gasteiger partial charge < -0.3 is 10.6 Å². The molecular weight excluding hydrogens is 310 g/mol. The Bertz CT molecular complexity index is 815. The van der Waals surface area contributed by atoms with Gasteiger partial charge in [0.15, 0.2) is 0 Å². The molecule has 0 saturated heterocycles. The number of nitrogens with one attached hydrogen (secondary N) is 2. The van der Waals surface area contributed by atoms with Crippen molar-refractivity contribution in [3.8, 4) is 0 Å². The Morgan fingerprint density at radius 3 is 2.75 bits per heavy atom. The zero-order valence-electron chi connectivity index (χ0n) is 13.2. The molecule has 1 amide bonds. The molecule has 2 aromatic rings. The SMILES string of the molecule is O=C(Nc1ccc2c(c1F)CCNC2)C1(c2cccc(F)c2)CC1. The van der Waals surface area contributed by atoms with Gasteiger partial charge in [-0.25, -0.2) is 8.78 Å². The van der Waals surface area contributed by atoms with E-state index in [-0.39, 0.29) is 23.2 Å². The number of amides is 1. The molecule has 1 aliphatic carbocycles. The van der Waals surface area contributed by atoms with Crippen LogP contribution in [0, 0.1) is 11.6 Å². The van der Waals surface area contributed by atoms with Gasteiger partial charge in [-0.05, 0) is 60.7 Å². The first kappa shape index (κ1) is 15.3. The third-order valence-electron chi connectivity index (χ3n) is 5.02. The number of anilines is 1. The van der Waals surface area contributed by atoms with Gasteiger partial charge >= 0.3 is 0 Å². The minimum atomic E-state index is -0.730. The molecule has 5 heteroatoms. The summed E-state index contributed by atoms with van der Waals surface area (Å²) in [6.45, 7) is 1.38. The van der Waals surface area contributed by atoms with Gasteiger partial charge in [-0.2, -0.15) is 0 Å². The van der Waals surface area contributed by atoms with E-state index < -0.39 is 5.41 Å². The molecule has 24 heavy (non-hydrogen) atoms. The molecule has 0 spiro atoms. The van der Waals surface area contributed by atoms with E-state index in [1.807, 2.05) is 6.07 Å². The smallest absolute Gasteiger partial charge is 0.235 e. The second-order valence-electron chi connectivity index (χ2n) is 6.54. The number of hydrogen-bond donors (Lipinski definition) is 2. The molecule has 2 aromatic carbocycles. The summed E-state index contributed by atoms with van der Waals surface area (Å²) in [6, 6.07) is 9.56. The van der Waals surface area contributed by atoms with Crippen molar-refractivity contribution in [1.82, 2.24) is 5.32 Å². The molecule has 1 fully saturated rings. The van der Waals surface area contributed by atoms with Crippen molar-refractivity contribution in [3.63, 3.8) is 0 Å². The molecular formula is C19H18F2N2O. The van der Waals surface area contributed by atoms with Crippen LogP contribution in [0.1, 0.15) is 29.5 Å². The molecule has 0 atom stereocenters. The van der Waals surface area contributed by atoms with Gasteiger partial charge in [0.05, 0.1) is 11.1 Å². The quantitative estimate of drug-likeness (QED) is 0.908. The fourth-order valence-electron chi connectivity index (χ4n) is 3.43. The Labute approximate surface area is 139 Å². The van der Waals surface area contributed by atoms with Gasteiger partial charge in [0.2, 0.25) is 5.91 Å². The summed E-state index contributed by atoms with van der Waals surface area (Å²) in [7, 11) is 0. The summed E-state index contributed by atoms with van der Waals surface area (Å²) in [6.07, 6.45) is 1.91. The zero-order valence-corrected chi connectivity index (χ0v) is 13.2. The van der Waals surface area contributed by atoms with Crippen molar-refractivity contribution >= 4 is 11.6 Å². The summed E-state index contributed by atoms with van der Waals surface area (Å²) in [5.74, 6) is -0.975. The van der Waals surface area contributed by atoms with Gasteiger partial charge in [0, 0.05) is 6.54 Å². The van der Waals surface area contributed by atoms with Gasteiger partial charge in [0.25, 0.3) is 0 Å². The summed E-state index contributed by atoms with van der Waals surface area (Å²) in [5.41, 5.74) is 1.74. The maximum atomic E-state index is 14.7. The molecule has 2 aliphatic rings. The van der Waals surface area contributed by atoms with E-state index >= 15 is 0 Å². The largest absolute Gasteiger partial charge is 0.323 e. The van der Waals surface area contributed by atoms with E-state index in [9.17, 15) is 13.6 Å². The Morgan fingerprint density at radius 2 is 2.00 bits per heavy atom. The number of hydrogen-bond acceptors (Lipinski definition) is 2. The molecule has 1 heterocycles. The van der Waals surface area contributed by atoms with Crippen LogP contribution in [-0.2, 0) is 23.2 Å². The molecule has 0 bridgehead atoms. The first-order chi connectivity index (χ1) is 11.6. The van der Waals surface area contributed by atoms with E-state index in [0.29, 0.717) is 36.9 Å². The monoisotopic (exact) mass is 328 g/mol. The van der Waals surface area contributed by atoms with Crippen LogP contribution in [0.2, 0.25) is 0 Å².